The van der Waals surface area contributed by atoms with Gasteiger partial charge >= 0.3 is 0 Å². The maximum Gasteiger partial charge on any atom is 0.164 e. The number of hydrogen-bond acceptors (Lipinski definition) is 4. The van der Waals surface area contributed by atoms with Gasteiger partial charge < -0.3 is 10.1 Å². The van der Waals surface area contributed by atoms with Gasteiger partial charge in [-0.2, -0.15) is 0 Å². The molecule has 187 valence electrons. The Morgan fingerprint density at radius 3 is 2.15 bits per heavy atom. The summed E-state index contributed by atoms with van der Waals surface area (Å²) in [6, 6.07) is 12.1. The minimum absolute atomic E-state index is 0. The third-order valence-corrected chi connectivity index (χ3v) is 6.14. The largest absolute Gasteiger partial charge is 0.512 e. The van der Waals surface area contributed by atoms with Crippen LogP contribution in [0.15, 0.2) is 47.7 Å². The van der Waals surface area contributed by atoms with E-state index in [4.69, 9.17) is 0 Å². The van der Waals surface area contributed by atoms with E-state index in [2.05, 4.69) is 68.4 Å². The van der Waals surface area contributed by atoms with Gasteiger partial charge in [-0.1, -0.05) is 75.3 Å². The van der Waals surface area contributed by atoms with E-state index < -0.39 is 5.41 Å². The van der Waals surface area contributed by atoms with Crippen LogP contribution < -0.4 is 0 Å². The minimum atomic E-state index is -0.417. The van der Waals surface area contributed by atoms with Crippen molar-refractivity contribution >= 4 is 27.2 Å². The Labute approximate surface area is 223 Å². The molecule has 0 aliphatic heterocycles. The molecule has 1 N–H and O–H groups in total. The van der Waals surface area contributed by atoms with Crippen LogP contribution in [0, 0.1) is 23.8 Å². The zero-order valence-electron chi connectivity index (χ0n) is 22.1. The SMILES string of the molecule is CC(C)(C)C(=O)/C=C(\O)C(C)(C)C.Cc1[c-]c(-c2cc3sccc3cn2)cc(C(C)(C)C)c1.[Ir]. The topological polar surface area (TPSA) is 50.2 Å². The Balaban J connectivity index is 0.000000364. The van der Waals surface area contributed by atoms with E-state index in [1.807, 2.05) is 47.7 Å². The zero-order chi connectivity index (χ0) is 25.2. The van der Waals surface area contributed by atoms with Crippen molar-refractivity contribution in [1.29, 1.82) is 0 Å². The zero-order valence-corrected chi connectivity index (χ0v) is 25.3. The van der Waals surface area contributed by atoms with Gasteiger partial charge in [-0.15, -0.1) is 46.2 Å². The average Bonchev–Trinajstić information content (AvgIpc) is 3.13. The van der Waals surface area contributed by atoms with Crippen molar-refractivity contribution in [3.05, 3.63) is 64.9 Å². The van der Waals surface area contributed by atoms with Gasteiger partial charge in [0, 0.05) is 53.3 Å². The molecule has 1 aromatic carbocycles. The predicted octanol–water partition coefficient (Wildman–Crippen LogP) is 8.46. The molecule has 5 heteroatoms. The van der Waals surface area contributed by atoms with Gasteiger partial charge in [0.05, 0.1) is 0 Å². The van der Waals surface area contributed by atoms with Crippen molar-refractivity contribution in [3.63, 3.8) is 0 Å². The van der Waals surface area contributed by atoms with Gasteiger partial charge in [-0.05, 0) is 22.6 Å². The summed E-state index contributed by atoms with van der Waals surface area (Å²) in [5.74, 6) is 0.104. The molecule has 0 aliphatic carbocycles. The summed E-state index contributed by atoms with van der Waals surface area (Å²) in [5, 5.41) is 12.9. The van der Waals surface area contributed by atoms with Gasteiger partial charge in [-0.25, -0.2) is 0 Å². The number of nitrogens with zero attached hydrogens (tertiary/aromatic N) is 1. The molecule has 3 rings (SSSR count). The molecule has 34 heavy (non-hydrogen) atoms. The number of aliphatic hydroxyl groups excluding tert-OH is 1. The second-order valence-electron chi connectivity index (χ2n) is 11.6. The Morgan fingerprint density at radius 1 is 1.00 bits per heavy atom. The summed E-state index contributed by atoms with van der Waals surface area (Å²) in [5.41, 5.74) is 3.97. The average molecular weight is 657 g/mol. The minimum Gasteiger partial charge on any atom is -0.512 e. The predicted molar refractivity (Wildman–Crippen MR) is 142 cm³/mol. The maximum atomic E-state index is 11.5. The van der Waals surface area contributed by atoms with Crippen LogP contribution in [0.1, 0.15) is 73.4 Å². The number of aliphatic hydroxyl groups is 1. The number of carbonyl (C=O) groups is 1. The molecule has 3 nitrogen and oxygen atoms in total. The second kappa shape index (κ2) is 11.3. The van der Waals surface area contributed by atoms with Gasteiger partial charge in [0.15, 0.2) is 5.78 Å². The molecule has 0 atom stereocenters. The third-order valence-electron chi connectivity index (χ3n) is 5.26. The molecular weight excluding hydrogens is 619 g/mol. The number of hydrogen-bond donors (Lipinski definition) is 1. The van der Waals surface area contributed by atoms with Crippen LogP contribution in [0.25, 0.3) is 21.3 Å². The van der Waals surface area contributed by atoms with E-state index >= 15 is 0 Å². The number of allylic oxidation sites excluding steroid dienone is 2. The van der Waals surface area contributed by atoms with Crippen LogP contribution in [-0.2, 0) is 30.3 Å². The van der Waals surface area contributed by atoms with Crippen LogP contribution in [0.3, 0.4) is 0 Å². The molecule has 0 spiro atoms. The van der Waals surface area contributed by atoms with Crippen LogP contribution in [0.2, 0.25) is 0 Å². The Bertz CT molecular complexity index is 1160. The molecular formula is C29H38IrNO2S-. The molecule has 0 unspecified atom stereocenters. The van der Waals surface area contributed by atoms with Crippen molar-refractivity contribution in [1.82, 2.24) is 4.98 Å². The van der Waals surface area contributed by atoms with Gasteiger partial charge in [0.25, 0.3) is 0 Å². The Kier molecular flexibility index (Phi) is 10.0. The fourth-order valence-corrected chi connectivity index (χ4v) is 3.64. The standard InChI is InChI=1S/C18H18NS.C11H20O2.Ir/c1-12-7-14(9-15(8-12)18(2,3)4)16-10-17-13(11-19-16)5-6-20-17;1-10(2,3)8(12)7-9(13)11(4,5)6;/h5-6,8-11H,1-4H3;7,12H,1-6H3;/q-1;;/b;8-7-;. The molecule has 0 aliphatic rings. The van der Waals surface area contributed by atoms with Crippen LogP contribution in [0.4, 0.5) is 0 Å². The van der Waals surface area contributed by atoms with Crippen LogP contribution in [0.5, 0.6) is 0 Å². The number of benzene rings is 1. The fourth-order valence-electron chi connectivity index (χ4n) is 2.85. The summed E-state index contributed by atoms with van der Waals surface area (Å²) in [6.45, 7) is 19.9. The molecule has 2 aromatic heterocycles. The van der Waals surface area contributed by atoms with Crippen molar-refractivity contribution in [2.45, 2.75) is 74.7 Å². The first-order chi connectivity index (χ1) is 15.0. The summed E-state index contributed by atoms with van der Waals surface area (Å²) in [7, 11) is 0. The van der Waals surface area contributed by atoms with E-state index in [9.17, 15) is 9.90 Å². The molecule has 0 amide bonds. The van der Waals surface area contributed by atoms with Gasteiger partial charge in [0.1, 0.15) is 5.76 Å². The van der Waals surface area contributed by atoms with Gasteiger partial charge in [0.2, 0.25) is 0 Å². The monoisotopic (exact) mass is 657 g/mol. The summed E-state index contributed by atoms with van der Waals surface area (Å²) >= 11 is 1.76. The molecule has 0 bridgehead atoms. The maximum absolute atomic E-state index is 11.5. The first-order valence-electron chi connectivity index (χ1n) is 11.3. The molecule has 0 saturated heterocycles. The smallest absolute Gasteiger partial charge is 0.164 e. The Morgan fingerprint density at radius 2 is 1.62 bits per heavy atom. The van der Waals surface area contributed by atoms with E-state index in [0.717, 1.165) is 11.3 Å². The number of aromatic nitrogens is 1. The summed E-state index contributed by atoms with van der Waals surface area (Å²) in [6.07, 6.45) is 3.29. The van der Waals surface area contributed by atoms with E-state index in [-0.39, 0.29) is 42.5 Å². The van der Waals surface area contributed by atoms with Crippen LogP contribution >= 0.6 is 11.3 Å². The third kappa shape index (κ3) is 8.44. The van der Waals surface area contributed by atoms with Crippen LogP contribution in [-0.4, -0.2) is 15.9 Å². The van der Waals surface area contributed by atoms with Crippen molar-refractivity contribution < 1.29 is 30.0 Å². The van der Waals surface area contributed by atoms with Crippen molar-refractivity contribution in [3.8, 4) is 11.3 Å². The summed E-state index contributed by atoms with van der Waals surface area (Å²) < 4.78 is 1.28. The fraction of sp³-hybridized carbons (Fsp3) is 0.448. The molecule has 3 aromatic rings. The van der Waals surface area contributed by atoms with Gasteiger partial charge in [-0.3, -0.25) is 4.79 Å². The molecule has 1 radical (unpaired) electrons. The van der Waals surface area contributed by atoms with E-state index in [0.29, 0.717) is 0 Å². The quantitative estimate of drug-likeness (QED) is 0.171. The first kappa shape index (κ1) is 30.2. The van der Waals surface area contributed by atoms with Crippen molar-refractivity contribution in [2.24, 2.45) is 10.8 Å². The Hall–Kier alpha value is -1.81. The first-order valence-corrected chi connectivity index (χ1v) is 12.2. The number of fused-ring (bicyclic) bond motifs is 1. The molecule has 2 heterocycles. The molecule has 0 saturated carbocycles. The molecule has 0 fully saturated rings. The number of rotatable bonds is 2. The number of pyridine rings is 1. The summed E-state index contributed by atoms with van der Waals surface area (Å²) in [4.78, 5) is 16.1. The number of aryl methyl sites for hydroxylation is 1. The number of carbonyl (C=O) groups excluding carboxylic acids is 1. The van der Waals surface area contributed by atoms with Crippen molar-refractivity contribution in [2.75, 3.05) is 0 Å². The van der Waals surface area contributed by atoms with E-state index in [1.165, 1.54) is 27.3 Å². The normalized spacial score (nSPS) is 12.6. The second-order valence-corrected chi connectivity index (χ2v) is 12.6. The van der Waals surface area contributed by atoms with E-state index in [1.54, 1.807) is 11.3 Å². The number of ketones is 1. The number of thiophene rings is 1.